The Kier molecular flexibility index (Phi) is 12.9. The van der Waals surface area contributed by atoms with Crippen molar-refractivity contribution < 1.29 is 37.0 Å². The molecule has 2 amide bonds. The molecule has 0 aliphatic rings. The molecule has 2 aromatic carbocycles. The standard InChI is InChI=1S/C33H41F3N6O5/c1-23(37)24-9-13-26(14-10-24)45-21-7-5-17-41-19-20-42(30(41)40-29(43)33(34,35)36)18-6-8-22-46-27-15-11-25(12-16-27)28(38)39-31(44)47-32(2,3)4/h9-16,19-20,37H,5-8,17-18,21-22H2,1-4H3,(H2,38,39,44)/b37-23?,40-30-. The zero-order chi connectivity index (χ0) is 34.6. The van der Waals surface area contributed by atoms with Gasteiger partial charge in [-0.05, 0) is 107 Å². The molecule has 14 heteroatoms. The van der Waals surface area contributed by atoms with Gasteiger partial charge in [0.15, 0.2) is 0 Å². The van der Waals surface area contributed by atoms with Crippen molar-refractivity contribution in [3.8, 4) is 11.5 Å². The minimum absolute atomic E-state index is 0.0789. The minimum Gasteiger partial charge on any atom is -0.494 e. The molecule has 3 rings (SSSR count). The first-order chi connectivity index (χ1) is 22.1. The number of amides is 2. The first-order valence-electron chi connectivity index (χ1n) is 15.1. The number of benzene rings is 2. The average molecular weight is 659 g/mol. The molecule has 0 saturated heterocycles. The predicted molar refractivity (Wildman–Crippen MR) is 170 cm³/mol. The number of hydrogen-bond donors (Lipinski definition) is 3. The summed E-state index contributed by atoms with van der Waals surface area (Å²) < 4.78 is 58.8. The van der Waals surface area contributed by atoms with Crippen LogP contribution in [0.25, 0.3) is 0 Å². The third-order valence-electron chi connectivity index (χ3n) is 6.56. The second-order valence-corrected chi connectivity index (χ2v) is 11.7. The van der Waals surface area contributed by atoms with Gasteiger partial charge in [0.25, 0.3) is 0 Å². The van der Waals surface area contributed by atoms with Crippen LogP contribution < -0.4 is 20.4 Å². The average Bonchev–Trinajstić information content (AvgIpc) is 3.36. The van der Waals surface area contributed by atoms with Crippen LogP contribution >= 0.6 is 0 Å². The van der Waals surface area contributed by atoms with E-state index in [1.807, 2.05) is 0 Å². The largest absolute Gasteiger partial charge is 0.494 e. The molecule has 254 valence electrons. The molecule has 1 heterocycles. The van der Waals surface area contributed by atoms with Crippen molar-refractivity contribution in [1.29, 1.82) is 10.8 Å². The summed E-state index contributed by atoms with van der Waals surface area (Å²) in [7, 11) is 0. The molecule has 3 N–H and O–H groups in total. The van der Waals surface area contributed by atoms with Crippen LogP contribution in [-0.4, -0.2) is 57.7 Å². The SMILES string of the molecule is CC(=N)c1ccc(OCCCCn2ccn(CCCCOc3ccc(C(=N)NC(=O)OC(C)(C)C)cc3)/c2=N\C(=O)C(F)(F)F)cc1. The molecule has 11 nitrogen and oxygen atoms in total. The lowest BCUT2D eigenvalue weighted by molar-refractivity contribution is -0.169. The van der Waals surface area contributed by atoms with Gasteiger partial charge in [0.1, 0.15) is 22.9 Å². The lowest BCUT2D eigenvalue weighted by Gasteiger charge is -2.19. The van der Waals surface area contributed by atoms with Gasteiger partial charge in [0, 0.05) is 36.8 Å². The summed E-state index contributed by atoms with van der Waals surface area (Å²) in [5.41, 5.74) is 0.956. The Morgan fingerprint density at radius 2 is 1.26 bits per heavy atom. The van der Waals surface area contributed by atoms with E-state index in [0.717, 1.165) is 5.56 Å². The first kappa shape index (κ1) is 36.6. The fourth-order valence-corrected chi connectivity index (χ4v) is 4.24. The van der Waals surface area contributed by atoms with Crippen LogP contribution in [0, 0.1) is 10.8 Å². The summed E-state index contributed by atoms with van der Waals surface area (Å²) in [6.45, 7) is 8.26. The molecule has 0 spiro atoms. The Morgan fingerprint density at radius 1 is 0.787 bits per heavy atom. The second kappa shape index (κ2) is 16.6. The van der Waals surface area contributed by atoms with Crippen LogP contribution in [0.4, 0.5) is 18.0 Å². The van der Waals surface area contributed by atoms with Gasteiger partial charge in [0.2, 0.25) is 5.62 Å². The number of carbonyl (C=O) groups is 2. The van der Waals surface area contributed by atoms with Crippen molar-refractivity contribution in [2.75, 3.05) is 13.2 Å². The van der Waals surface area contributed by atoms with E-state index in [1.54, 1.807) is 88.6 Å². The highest BCUT2D eigenvalue weighted by atomic mass is 19.4. The number of hydrogen-bond acceptors (Lipinski definition) is 7. The number of unbranched alkanes of at least 4 members (excludes halogenated alkanes) is 2. The third kappa shape index (κ3) is 12.4. The monoisotopic (exact) mass is 658 g/mol. The van der Waals surface area contributed by atoms with Crippen LogP contribution in [-0.2, 0) is 22.6 Å². The second-order valence-electron chi connectivity index (χ2n) is 11.7. The highest BCUT2D eigenvalue weighted by Gasteiger charge is 2.38. The number of imidazole rings is 1. The fraction of sp³-hybridized carbons (Fsp3) is 0.424. The predicted octanol–water partition coefficient (Wildman–Crippen LogP) is 6.24. The fourth-order valence-electron chi connectivity index (χ4n) is 4.24. The molecule has 0 aliphatic carbocycles. The highest BCUT2D eigenvalue weighted by molar-refractivity contribution is 6.04. The molecule has 0 saturated carbocycles. The molecule has 0 fully saturated rings. The van der Waals surface area contributed by atoms with Gasteiger partial charge in [0.05, 0.1) is 13.2 Å². The number of halogens is 3. The summed E-state index contributed by atoms with van der Waals surface area (Å²) in [6.07, 6.45) is -0.280. The Balaban J connectivity index is 1.49. The lowest BCUT2D eigenvalue weighted by atomic mass is 10.1. The number of rotatable bonds is 14. The van der Waals surface area contributed by atoms with Gasteiger partial charge in [-0.25, -0.2) is 4.79 Å². The summed E-state index contributed by atoms with van der Waals surface area (Å²) >= 11 is 0. The summed E-state index contributed by atoms with van der Waals surface area (Å²) in [6, 6.07) is 13.7. The first-order valence-corrected chi connectivity index (χ1v) is 15.1. The summed E-state index contributed by atoms with van der Waals surface area (Å²) in [5.74, 6) is -1.07. The summed E-state index contributed by atoms with van der Waals surface area (Å²) in [4.78, 5) is 27.0. The van der Waals surface area contributed by atoms with E-state index in [9.17, 15) is 22.8 Å². The zero-order valence-electron chi connectivity index (χ0n) is 26.9. The highest BCUT2D eigenvalue weighted by Crippen LogP contribution is 2.17. The van der Waals surface area contributed by atoms with Gasteiger partial charge in [-0.15, -0.1) is 0 Å². The van der Waals surface area contributed by atoms with E-state index in [2.05, 4.69) is 10.3 Å². The Hall–Kier alpha value is -4.88. The number of carbonyl (C=O) groups excluding carboxylic acids is 2. The van der Waals surface area contributed by atoms with E-state index in [1.165, 1.54) is 9.13 Å². The van der Waals surface area contributed by atoms with E-state index in [0.29, 0.717) is 74.8 Å². The molecule has 3 aromatic rings. The number of aromatic nitrogens is 2. The number of alkyl carbamates (subject to hydrolysis) is 1. The molecular weight excluding hydrogens is 617 g/mol. The normalized spacial score (nSPS) is 12.0. The number of nitrogens with zero attached hydrogens (tertiary/aromatic N) is 3. The van der Waals surface area contributed by atoms with E-state index in [4.69, 9.17) is 25.0 Å². The van der Waals surface area contributed by atoms with Gasteiger partial charge in [-0.2, -0.15) is 18.2 Å². The van der Waals surface area contributed by atoms with Crippen molar-refractivity contribution >= 4 is 23.5 Å². The van der Waals surface area contributed by atoms with Crippen LogP contribution in [0.15, 0.2) is 65.9 Å². The topological polar surface area (TPSA) is 144 Å². The van der Waals surface area contributed by atoms with Crippen molar-refractivity contribution in [2.24, 2.45) is 4.99 Å². The van der Waals surface area contributed by atoms with Crippen LogP contribution in [0.2, 0.25) is 0 Å². The molecule has 0 unspecified atom stereocenters. The quantitative estimate of drug-likeness (QED) is 0.107. The van der Waals surface area contributed by atoms with E-state index in [-0.39, 0.29) is 11.5 Å². The minimum atomic E-state index is -5.08. The molecule has 0 aliphatic heterocycles. The molecular formula is C33H41F3N6O5. The number of amidine groups is 1. The van der Waals surface area contributed by atoms with Gasteiger partial charge in [-0.3, -0.25) is 15.5 Å². The Bertz CT molecular complexity index is 1590. The molecule has 1 aromatic heterocycles. The van der Waals surface area contributed by atoms with Crippen molar-refractivity contribution in [1.82, 2.24) is 14.5 Å². The Morgan fingerprint density at radius 3 is 1.68 bits per heavy atom. The molecule has 0 radical (unpaired) electrons. The Labute approximate surface area is 271 Å². The van der Waals surface area contributed by atoms with Gasteiger partial charge in [-0.1, -0.05) is 0 Å². The van der Waals surface area contributed by atoms with Gasteiger partial charge < -0.3 is 28.8 Å². The zero-order valence-corrected chi connectivity index (χ0v) is 26.9. The molecule has 47 heavy (non-hydrogen) atoms. The summed E-state index contributed by atoms with van der Waals surface area (Å²) in [5, 5.41) is 18.1. The maximum absolute atomic E-state index is 13.0. The van der Waals surface area contributed by atoms with Crippen LogP contribution in [0.1, 0.15) is 64.5 Å². The van der Waals surface area contributed by atoms with Crippen molar-refractivity contribution in [2.45, 2.75) is 78.2 Å². The van der Waals surface area contributed by atoms with Crippen molar-refractivity contribution in [3.63, 3.8) is 0 Å². The maximum Gasteiger partial charge on any atom is 0.473 e. The number of alkyl halides is 3. The lowest BCUT2D eigenvalue weighted by Crippen LogP contribution is -2.36. The van der Waals surface area contributed by atoms with Crippen molar-refractivity contribution in [3.05, 3.63) is 77.7 Å². The molecule has 0 atom stereocenters. The maximum atomic E-state index is 13.0. The van der Waals surface area contributed by atoms with E-state index >= 15 is 0 Å². The number of nitrogens with one attached hydrogen (secondary N) is 3. The van der Waals surface area contributed by atoms with Gasteiger partial charge >= 0.3 is 18.2 Å². The van der Waals surface area contributed by atoms with E-state index < -0.39 is 23.8 Å². The van der Waals surface area contributed by atoms with Crippen LogP contribution in [0.5, 0.6) is 11.5 Å². The van der Waals surface area contributed by atoms with Crippen LogP contribution in [0.3, 0.4) is 0 Å². The smallest absolute Gasteiger partial charge is 0.473 e. The third-order valence-corrected chi connectivity index (χ3v) is 6.56. The number of aryl methyl sites for hydroxylation is 2. The number of ether oxygens (including phenoxy) is 3. The molecule has 0 bridgehead atoms.